The molecule has 1 aliphatic heterocycles. The second-order valence-corrected chi connectivity index (χ2v) is 7.12. The molecule has 1 unspecified atom stereocenters. The van der Waals surface area contributed by atoms with Gasteiger partial charge in [-0.05, 0) is 54.1 Å². The number of ether oxygens (including phenoxy) is 2. The molecule has 1 atom stereocenters. The van der Waals surface area contributed by atoms with E-state index < -0.39 is 23.5 Å². The van der Waals surface area contributed by atoms with Gasteiger partial charge in [-0.25, -0.2) is 4.39 Å². The molecule has 6 nitrogen and oxygen atoms in total. The number of hydrogen-bond donors (Lipinski definition) is 1. The number of rotatable bonds is 5. The van der Waals surface area contributed by atoms with E-state index in [2.05, 4.69) is 0 Å². The molecule has 7 heteroatoms. The third kappa shape index (κ3) is 3.58. The monoisotopic (exact) mass is 433 g/mol. The molecule has 0 saturated carbocycles. The number of Topliss-reactive ketones (excluding diaryl/α,β-unsaturated/α-hetero) is 1. The molecule has 0 bridgehead atoms. The van der Waals surface area contributed by atoms with Crippen LogP contribution in [0, 0.1) is 5.82 Å². The number of aliphatic hydroxyl groups excluding tert-OH is 1. The summed E-state index contributed by atoms with van der Waals surface area (Å²) in [6, 6.07) is 17.8. The fourth-order valence-electron chi connectivity index (χ4n) is 3.79. The van der Waals surface area contributed by atoms with Crippen LogP contribution in [0.3, 0.4) is 0 Å². The van der Waals surface area contributed by atoms with Crippen LogP contribution in [0.5, 0.6) is 11.5 Å². The summed E-state index contributed by atoms with van der Waals surface area (Å²) in [7, 11) is 2.98. The molecule has 1 aliphatic rings. The molecule has 32 heavy (non-hydrogen) atoms. The number of anilines is 1. The van der Waals surface area contributed by atoms with Crippen molar-refractivity contribution in [1.82, 2.24) is 0 Å². The van der Waals surface area contributed by atoms with Gasteiger partial charge >= 0.3 is 0 Å². The van der Waals surface area contributed by atoms with Crippen molar-refractivity contribution in [3.05, 3.63) is 95.3 Å². The molecular weight excluding hydrogens is 413 g/mol. The van der Waals surface area contributed by atoms with Crippen LogP contribution in [0.2, 0.25) is 0 Å². The molecule has 4 rings (SSSR count). The number of carbonyl (C=O) groups is 2. The van der Waals surface area contributed by atoms with Crippen molar-refractivity contribution in [2.75, 3.05) is 19.1 Å². The Morgan fingerprint density at radius 2 is 1.56 bits per heavy atom. The smallest absolute Gasteiger partial charge is 0.300 e. The highest BCUT2D eigenvalue weighted by Gasteiger charge is 2.47. The van der Waals surface area contributed by atoms with Gasteiger partial charge in [0.1, 0.15) is 23.1 Å². The number of benzene rings is 3. The van der Waals surface area contributed by atoms with Crippen LogP contribution in [0.15, 0.2) is 78.4 Å². The van der Waals surface area contributed by atoms with E-state index in [9.17, 15) is 19.1 Å². The fraction of sp³-hybridized carbons (Fsp3) is 0.120. The van der Waals surface area contributed by atoms with Gasteiger partial charge < -0.3 is 14.6 Å². The van der Waals surface area contributed by atoms with E-state index in [4.69, 9.17) is 9.47 Å². The van der Waals surface area contributed by atoms with Gasteiger partial charge in [0.25, 0.3) is 11.7 Å². The Labute approximate surface area is 184 Å². The average molecular weight is 433 g/mol. The molecule has 1 N–H and O–H groups in total. The first-order chi connectivity index (χ1) is 15.5. The lowest BCUT2D eigenvalue weighted by atomic mass is 9.94. The van der Waals surface area contributed by atoms with E-state index in [1.807, 2.05) is 0 Å². The molecular formula is C25H20FNO5. The minimum atomic E-state index is -0.934. The van der Waals surface area contributed by atoms with Crippen LogP contribution in [0.4, 0.5) is 10.1 Å². The van der Waals surface area contributed by atoms with Gasteiger partial charge in [0.15, 0.2) is 0 Å². The van der Waals surface area contributed by atoms with Crippen molar-refractivity contribution in [2.45, 2.75) is 6.04 Å². The first-order valence-electron chi connectivity index (χ1n) is 9.80. The second kappa shape index (κ2) is 8.55. The highest BCUT2D eigenvalue weighted by molar-refractivity contribution is 6.51. The quantitative estimate of drug-likeness (QED) is 0.365. The molecule has 3 aromatic rings. The predicted molar refractivity (Wildman–Crippen MR) is 117 cm³/mol. The van der Waals surface area contributed by atoms with Gasteiger partial charge in [-0.3, -0.25) is 14.5 Å². The first kappa shape index (κ1) is 21.1. The van der Waals surface area contributed by atoms with Crippen molar-refractivity contribution in [1.29, 1.82) is 0 Å². The lowest BCUT2D eigenvalue weighted by molar-refractivity contribution is -0.132. The number of ketones is 1. The Balaban J connectivity index is 1.95. The zero-order chi connectivity index (χ0) is 22.8. The van der Waals surface area contributed by atoms with Gasteiger partial charge in [-0.15, -0.1) is 0 Å². The van der Waals surface area contributed by atoms with Crippen molar-refractivity contribution in [2.24, 2.45) is 0 Å². The maximum absolute atomic E-state index is 13.5. The van der Waals surface area contributed by atoms with Crippen LogP contribution in [0.1, 0.15) is 17.2 Å². The van der Waals surface area contributed by atoms with Crippen molar-refractivity contribution >= 4 is 23.1 Å². The number of carbonyl (C=O) groups excluding carboxylic acids is 2. The van der Waals surface area contributed by atoms with Crippen molar-refractivity contribution in [3.63, 3.8) is 0 Å². The van der Waals surface area contributed by atoms with E-state index in [1.165, 1.54) is 43.4 Å². The van der Waals surface area contributed by atoms with Gasteiger partial charge in [-0.2, -0.15) is 0 Å². The number of amides is 1. The third-order valence-electron chi connectivity index (χ3n) is 5.34. The van der Waals surface area contributed by atoms with Gasteiger partial charge in [0, 0.05) is 5.69 Å². The van der Waals surface area contributed by atoms with E-state index in [0.717, 1.165) is 0 Å². The number of aliphatic hydroxyl groups is 1. The SMILES string of the molecule is COc1ccc(C2/C(=C(/O)c3ccccc3OC)C(=O)C(=O)N2c2ccc(F)cc2)cc1. The second-order valence-electron chi connectivity index (χ2n) is 7.12. The van der Waals surface area contributed by atoms with Gasteiger partial charge in [0.2, 0.25) is 0 Å². The number of halogens is 1. The Morgan fingerprint density at radius 3 is 2.19 bits per heavy atom. The molecule has 1 heterocycles. The van der Waals surface area contributed by atoms with E-state index in [1.54, 1.807) is 48.5 Å². The van der Waals surface area contributed by atoms with Crippen LogP contribution in [0.25, 0.3) is 5.76 Å². The molecule has 1 amide bonds. The number of methoxy groups -OCH3 is 2. The van der Waals surface area contributed by atoms with Gasteiger partial charge in [-0.1, -0.05) is 24.3 Å². The summed E-state index contributed by atoms with van der Waals surface area (Å²) in [6.45, 7) is 0. The Bertz CT molecular complexity index is 1200. The van der Waals surface area contributed by atoms with E-state index >= 15 is 0 Å². The van der Waals surface area contributed by atoms with Crippen LogP contribution in [-0.2, 0) is 9.59 Å². The van der Waals surface area contributed by atoms with Crippen molar-refractivity contribution in [3.8, 4) is 11.5 Å². The number of para-hydroxylation sites is 1. The van der Waals surface area contributed by atoms with Crippen LogP contribution in [-0.4, -0.2) is 31.0 Å². The largest absolute Gasteiger partial charge is 0.507 e. The molecule has 0 radical (unpaired) electrons. The van der Waals surface area contributed by atoms with E-state index in [-0.39, 0.29) is 16.9 Å². The Morgan fingerprint density at radius 1 is 0.906 bits per heavy atom. The number of hydrogen-bond acceptors (Lipinski definition) is 5. The van der Waals surface area contributed by atoms with Gasteiger partial charge in [0.05, 0.1) is 31.4 Å². The highest BCUT2D eigenvalue weighted by Crippen LogP contribution is 2.43. The molecule has 162 valence electrons. The summed E-state index contributed by atoms with van der Waals surface area (Å²) in [5.41, 5.74) is 1.10. The predicted octanol–water partition coefficient (Wildman–Crippen LogP) is 4.47. The lowest BCUT2D eigenvalue weighted by Gasteiger charge is -2.25. The van der Waals surface area contributed by atoms with Crippen molar-refractivity contribution < 1.29 is 28.6 Å². The maximum atomic E-state index is 13.5. The fourth-order valence-corrected chi connectivity index (χ4v) is 3.79. The van der Waals surface area contributed by atoms with Crippen LogP contribution >= 0.6 is 0 Å². The summed E-state index contributed by atoms with van der Waals surface area (Å²) in [5.74, 6) is -1.55. The molecule has 1 saturated heterocycles. The zero-order valence-electron chi connectivity index (χ0n) is 17.4. The maximum Gasteiger partial charge on any atom is 0.300 e. The molecule has 3 aromatic carbocycles. The average Bonchev–Trinajstić information content (AvgIpc) is 3.09. The summed E-state index contributed by atoms with van der Waals surface area (Å²) < 4.78 is 24.0. The summed E-state index contributed by atoms with van der Waals surface area (Å²) in [5, 5.41) is 11.2. The highest BCUT2D eigenvalue weighted by atomic mass is 19.1. The Hall–Kier alpha value is -4.13. The topological polar surface area (TPSA) is 76.1 Å². The minimum absolute atomic E-state index is 0.0889. The lowest BCUT2D eigenvalue weighted by Crippen LogP contribution is -2.29. The summed E-state index contributed by atoms with van der Waals surface area (Å²) in [6.07, 6.45) is 0. The molecule has 0 aromatic heterocycles. The molecule has 0 spiro atoms. The first-order valence-corrected chi connectivity index (χ1v) is 9.80. The Kier molecular flexibility index (Phi) is 5.64. The normalized spacial score (nSPS) is 17.5. The van der Waals surface area contributed by atoms with Crippen LogP contribution < -0.4 is 14.4 Å². The number of nitrogens with zero attached hydrogens (tertiary/aromatic N) is 1. The minimum Gasteiger partial charge on any atom is -0.507 e. The summed E-state index contributed by atoms with van der Waals surface area (Å²) >= 11 is 0. The zero-order valence-corrected chi connectivity index (χ0v) is 17.4. The summed E-state index contributed by atoms with van der Waals surface area (Å²) in [4.78, 5) is 27.5. The third-order valence-corrected chi connectivity index (χ3v) is 5.34. The standard InChI is InChI=1S/C25H20FNO5/c1-31-18-13-7-15(8-14-18)22-21(23(28)19-5-3-4-6-20(19)32-2)24(29)25(30)27(22)17-11-9-16(26)10-12-17/h3-14,22,28H,1-2H3/b23-21-. The van der Waals surface area contributed by atoms with E-state index in [0.29, 0.717) is 22.7 Å². The molecule has 0 aliphatic carbocycles. The molecule has 1 fully saturated rings.